The lowest BCUT2D eigenvalue weighted by Crippen LogP contribution is -2.13. The van der Waals surface area contributed by atoms with Gasteiger partial charge in [-0.15, -0.1) is 11.3 Å². The van der Waals surface area contributed by atoms with Gasteiger partial charge in [-0.2, -0.15) is 5.10 Å². The van der Waals surface area contributed by atoms with Gasteiger partial charge >= 0.3 is 0 Å². The fraction of sp³-hybridized carbons (Fsp3) is 0. The summed E-state index contributed by atoms with van der Waals surface area (Å²) in [5.41, 5.74) is 2.34. The number of anilines is 1. The summed E-state index contributed by atoms with van der Waals surface area (Å²) in [6.45, 7) is 0. The highest BCUT2D eigenvalue weighted by atomic mass is 32.1. The molecule has 0 aliphatic carbocycles. The Morgan fingerprint density at radius 3 is 2.69 bits per heavy atom. The zero-order valence-electron chi connectivity index (χ0n) is 13.3. The summed E-state index contributed by atoms with van der Waals surface area (Å²) in [6.07, 6.45) is 3.33. The number of carbonyl (C=O) groups is 1. The molecule has 4 aromatic rings. The number of benzene rings is 1. The highest BCUT2D eigenvalue weighted by Crippen LogP contribution is 2.23. The maximum atomic E-state index is 13.0. The van der Waals surface area contributed by atoms with Crippen molar-refractivity contribution in [1.82, 2.24) is 19.7 Å². The molecule has 0 unspecified atom stereocenters. The van der Waals surface area contributed by atoms with Crippen LogP contribution in [0, 0.1) is 5.82 Å². The fourth-order valence-corrected chi connectivity index (χ4v) is 3.01. The lowest BCUT2D eigenvalue weighted by atomic mass is 10.3. The van der Waals surface area contributed by atoms with E-state index in [2.05, 4.69) is 20.4 Å². The Morgan fingerprint density at radius 2 is 1.92 bits per heavy atom. The molecule has 128 valence electrons. The second kappa shape index (κ2) is 6.85. The number of carbonyl (C=O) groups excluding carboxylic acids is 1. The van der Waals surface area contributed by atoms with Gasteiger partial charge in [0, 0.05) is 17.8 Å². The molecule has 0 bridgehead atoms. The molecule has 26 heavy (non-hydrogen) atoms. The average Bonchev–Trinajstić information content (AvgIpc) is 3.33. The van der Waals surface area contributed by atoms with E-state index in [4.69, 9.17) is 0 Å². The highest BCUT2D eigenvalue weighted by Gasteiger charge is 2.13. The summed E-state index contributed by atoms with van der Waals surface area (Å²) < 4.78 is 14.5. The Morgan fingerprint density at radius 1 is 1.08 bits per heavy atom. The monoisotopic (exact) mass is 365 g/mol. The van der Waals surface area contributed by atoms with Gasteiger partial charge < -0.3 is 0 Å². The second-order valence-electron chi connectivity index (χ2n) is 5.33. The van der Waals surface area contributed by atoms with Crippen molar-refractivity contribution >= 4 is 22.4 Å². The van der Waals surface area contributed by atoms with Crippen molar-refractivity contribution in [1.29, 1.82) is 0 Å². The number of amides is 1. The predicted molar refractivity (Wildman–Crippen MR) is 96.8 cm³/mol. The van der Waals surface area contributed by atoms with E-state index in [-0.39, 0.29) is 17.4 Å². The van der Waals surface area contributed by atoms with Gasteiger partial charge in [-0.05, 0) is 42.5 Å². The molecule has 8 heteroatoms. The van der Waals surface area contributed by atoms with Crippen LogP contribution in [-0.2, 0) is 0 Å². The van der Waals surface area contributed by atoms with Gasteiger partial charge in [-0.3, -0.25) is 15.1 Å². The van der Waals surface area contributed by atoms with E-state index >= 15 is 0 Å². The van der Waals surface area contributed by atoms with Crippen LogP contribution in [0.25, 0.3) is 17.1 Å². The molecule has 1 aromatic carbocycles. The van der Waals surface area contributed by atoms with Crippen molar-refractivity contribution in [2.24, 2.45) is 0 Å². The minimum Gasteiger partial charge on any atom is -0.296 e. The lowest BCUT2D eigenvalue weighted by molar-refractivity contribution is 0.102. The third kappa shape index (κ3) is 3.35. The molecule has 0 saturated carbocycles. The fourth-order valence-electron chi connectivity index (χ4n) is 2.31. The predicted octanol–water partition coefficient (Wildman–Crippen LogP) is 3.78. The van der Waals surface area contributed by atoms with Crippen LogP contribution in [0.15, 0.2) is 66.3 Å². The van der Waals surface area contributed by atoms with Gasteiger partial charge in [-0.1, -0.05) is 6.07 Å². The van der Waals surface area contributed by atoms with Crippen molar-refractivity contribution in [3.05, 3.63) is 77.8 Å². The Hall–Kier alpha value is -3.39. The van der Waals surface area contributed by atoms with Crippen LogP contribution >= 0.6 is 11.3 Å². The Labute approximate surface area is 152 Å². The SMILES string of the molecule is O=C(Nc1nc(-c2ccccn2)cs1)c1ccn(-c2ccc(F)cc2)n1. The maximum absolute atomic E-state index is 13.0. The normalized spacial score (nSPS) is 10.7. The van der Waals surface area contributed by atoms with E-state index in [1.807, 2.05) is 23.6 Å². The van der Waals surface area contributed by atoms with E-state index in [0.717, 1.165) is 5.69 Å². The smallest absolute Gasteiger partial charge is 0.277 e. The molecule has 6 nitrogen and oxygen atoms in total. The third-order valence-corrected chi connectivity index (χ3v) is 4.32. The summed E-state index contributed by atoms with van der Waals surface area (Å²) in [6, 6.07) is 13.0. The lowest BCUT2D eigenvalue weighted by Gasteiger charge is -2.01. The first-order chi connectivity index (χ1) is 12.7. The molecule has 0 atom stereocenters. The van der Waals surface area contributed by atoms with Crippen molar-refractivity contribution in [3.8, 4) is 17.1 Å². The van der Waals surface area contributed by atoms with Gasteiger partial charge in [-0.25, -0.2) is 14.1 Å². The number of nitrogens with zero attached hydrogens (tertiary/aromatic N) is 4. The van der Waals surface area contributed by atoms with Crippen LogP contribution < -0.4 is 5.32 Å². The molecule has 0 saturated heterocycles. The maximum Gasteiger partial charge on any atom is 0.277 e. The summed E-state index contributed by atoms with van der Waals surface area (Å²) in [5, 5.41) is 9.24. The number of aromatic nitrogens is 4. The molecule has 1 amide bonds. The molecule has 3 aromatic heterocycles. The van der Waals surface area contributed by atoms with Gasteiger partial charge in [0.2, 0.25) is 0 Å². The largest absolute Gasteiger partial charge is 0.296 e. The first-order valence-corrected chi connectivity index (χ1v) is 8.57. The van der Waals surface area contributed by atoms with E-state index in [0.29, 0.717) is 16.5 Å². The van der Waals surface area contributed by atoms with Gasteiger partial charge in [0.15, 0.2) is 10.8 Å². The number of hydrogen-bond acceptors (Lipinski definition) is 5. The van der Waals surface area contributed by atoms with Gasteiger partial charge in [0.1, 0.15) is 11.5 Å². The molecular weight excluding hydrogens is 353 g/mol. The molecule has 1 N–H and O–H groups in total. The second-order valence-corrected chi connectivity index (χ2v) is 6.19. The first-order valence-electron chi connectivity index (χ1n) is 7.69. The zero-order valence-corrected chi connectivity index (χ0v) is 14.2. The van der Waals surface area contributed by atoms with Crippen LogP contribution in [0.2, 0.25) is 0 Å². The van der Waals surface area contributed by atoms with E-state index in [1.165, 1.54) is 28.2 Å². The van der Waals surface area contributed by atoms with Crippen LogP contribution in [0.5, 0.6) is 0 Å². The van der Waals surface area contributed by atoms with Crippen molar-refractivity contribution in [2.75, 3.05) is 5.32 Å². The van der Waals surface area contributed by atoms with E-state index < -0.39 is 0 Å². The molecule has 4 rings (SSSR count). The van der Waals surface area contributed by atoms with Crippen LogP contribution in [0.3, 0.4) is 0 Å². The number of hydrogen-bond donors (Lipinski definition) is 1. The molecule has 0 spiro atoms. The van der Waals surface area contributed by atoms with Crippen LogP contribution in [-0.4, -0.2) is 25.7 Å². The standard InChI is InChI=1S/C18H12FN5OS/c19-12-4-6-13(7-5-12)24-10-8-15(23-24)17(25)22-18-21-16(11-26-18)14-3-1-2-9-20-14/h1-11H,(H,21,22,25). The highest BCUT2D eigenvalue weighted by molar-refractivity contribution is 7.14. The summed E-state index contributed by atoms with van der Waals surface area (Å²) in [5.74, 6) is -0.695. The number of halogens is 1. The number of thiazole rings is 1. The molecule has 0 aliphatic rings. The van der Waals surface area contributed by atoms with Gasteiger partial charge in [0.25, 0.3) is 5.91 Å². The number of rotatable bonds is 4. The van der Waals surface area contributed by atoms with Crippen LogP contribution in [0.1, 0.15) is 10.5 Å². The molecule has 0 radical (unpaired) electrons. The Kier molecular flexibility index (Phi) is 4.24. The zero-order chi connectivity index (χ0) is 17.9. The number of pyridine rings is 1. The minimum absolute atomic E-state index is 0.240. The van der Waals surface area contributed by atoms with E-state index in [1.54, 1.807) is 30.6 Å². The molecule has 0 aliphatic heterocycles. The Bertz CT molecular complexity index is 1040. The first kappa shape index (κ1) is 16.1. The average molecular weight is 365 g/mol. The quantitative estimate of drug-likeness (QED) is 0.597. The topological polar surface area (TPSA) is 72.7 Å². The number of nitrogens with one attached hydrogen (secondary N) is 1. The molecule has 3 heterocycles. The summed E-state index contributed by atoms with van der Waals surface area (Å²) in [4.78, 5) is 21.0. The van der Waals surface area contributed by atoms with Crippen molar-refractivity contribution in [2.45, 2.75) is 0 Å². The van der Waals surface area contributed by atoms with E-state index in [9.17, 15) is 9.18 Å². The summed E-state index contributed by atoms with van der Waals surface area (Å²) in [7, 11) is 0. The summed E-state index contributed by atoms with van der Waals surface area (Å²) >= 11 is 1.31. The van der Waals surface area contributed by atoms with Gasteiger partial charge in [0.05, 0.1) is 11.4 Å². The minimum atomic E-state index is -0.368. The van der Waals surface area contributed by atoms with Crippen molar-refractivity contribution in [3.63, 3.8) is 0 Å². The molecule has 0 fully saturated rings. The molecular formula is C18H12FN5OS. The van der Waals surface area contributed by atoms with Crippen LogP contribution in [0.4, 0.5) is 9.52 Å². The Balaban J connectivity index is 1.49. The van der Waals surface area contributed by atoms with Crippen molar-refractivity contribution < 1.29 is 9.18 Å². The third-order valence-electron chi connectivity index (χ3n) is 3.56.